The molecule has 1 atom stereocenters. The van der Waals surface area contributed by atoms with Crippen LogP contribution in [0, 0.1) is 11.8 Å². The fourth-order valence-electron chi connectivity index (χ4n) is 2.20. The first-order chi connectivity index (χ1) is 8.11. The zero-order valence-corrected chi connectivity index (χ0v) is 10.9. The highest BCUT2D eigenvalue weighted by atomic mass is 15.0. The minimum atomic E-state index is 0.552. The van der Waals surface area contributed by atoms with Crippen molar-refractivity contribution in [1.29, 1.82) is 0 Å². The molecule has 1 unspecified atom stereocenters. The van der Waals surface area contributed by atoms with Crippen molar-refractivity contribution < 1.29 is 0 Å². The molecule has 0 aliphatic carbocycles. The molecule has 0 aliphatic rings. The Balaban J connectivity index is 2.24. The van der Waals surface area contributed by atoms with Gasteiger partial charge < -0.3 is 10.3 Å². The van der Waals surface area contributed by atoms with E-state index in [1.54, 1.807) is 0 Å². The molecule has 2 rings (SSSR count). The largest absolute Gasteiger partial charge is 0.334 e. The molecule has 0 radical (unpaired) electrons. The lowest BCUT2D eigenvalue weighted by molar-refractivity contribution is 0.392. The third kappa shape index (κ3) is 2.50. The molecule has 3 nitrogen and oxygen atoms in total. The molecule has 0 bridgehead atoms. The Bertz CT molecular complexity index is 499. The Labute approximate surface area is 103 Å². The fraction of sp³-hybridized carbons (Fsp3) is 0.500. The zero-order chi connectivity index (χ0) is 12.4. The van der Waals surface area contributed by atoms with E-state index in [4.69, 9.17) is 5.73 Å². The minimum absolute atomic E-state index is 0.552. The highest BCUT2D eigenvalue weighted by molar-refractivity contribution is 5.75. The number of hydrogen-bond acceptors (Lipinski definition) is 2. The Morgan fingerprint density at radius 3 is 2.76 bits per heavy atom. The number of imidazole rings is 1. The van der Waals surface area contributed by atoms with Crippen LogP contribution in [0.4, 0.5) is 0 Å². The monoisotopic (exact) mass is 231 g/mol. The van der Waals surface area contributed by atoms with E-state index in [0.29, 0.717) is 11.8 Å². The summed E-state index contributed by atoms with van der Waals surface area (Å²) in [7, 11) is 2.02. The molecule has 2 N–H and O–H groups in total. The van der Waals surface area contributed by atoms with Crippen molar-refractivity contribution >= 4 is 11.0 Å². The lowest BCUT2D eigenvalue weighted by atomic mass is 9.89. The molecule has 0 saturated carbocycles. The van der Waals surface area contributed by atoms with E-state index in [1.807, 2.05) is 17.9 Å². The van der Waals surface area contributed by atoms with E-state index in [-0.39, 0.29) is 0 Å². The number of fused-ring (bicyclic) bond motifs is 1. The van der Waals surface area contributed by atoms with Gasteiger partial charge in [-0.1, -0.05) is 19.9 Å². The van der Waals surface area contributed by atoms with Gasteiger partial charge in [-0.05, 0) is 42.5 Å². The van der Waals surface area contributed by atoms with Crippen LogP contribution in [0.1, 0.15) is 19.4 Å². The fourth-order valence-corrected chi connectivity index (χ4v) is 2.20. The number of nitrogens with zero attached hydrogens (tertiary/aromatic N) is 2. The van der Waals surface area contributed by atoms with Gasteiger partial charge in [0, 0.05) is 7.05 Å². The molecule has 0 spiro atoms. The molecule has 0 fully saturated rings. The number of aryl methyl sites for hydroxylation is 1. The van der Waals surface area contributed by atoms with Crippen LogP contribution >= 0.6 is 0 Å². The van der Waals surface area contributed by atoms with Gasteiger partial charge >= 0.3 is 0 Å². The van der Waals surface area contributed by atoms with Crippen LogP contribution in [0.5, 0.6) is 0 Å². The van der Waals surface area contributed by atoms with Gasteiger partial charge in [0.15, 0.2) is 0 Å². The van der Waals surface area contributed by atoms with Gasteiger partial charge in [0.2, 0.25) is 0 Å². The van der Waals surface area contributed by atoms with Crippen LogP contribution in [0.15, 0.2) is 24.5 Å². The van der Waals surface area contributed by atoms with Crippen molar-refractivity contribution in [1.82, 2.24) is 9.55 Å². The van der Waals surface area contributed by atoms with E-state index in [0.717, 1.165) is 18.5 Å². The highest BCUT2D eigenvalue weighted by Gasteiger charge is 2.12. The van der Waals surface area contributed by atoms with E-state index >= 15 is 0 Å². The number of benzene rings is 1. The summed E-state index contributed by atoms with van der Waals surface area (Å²) in [5.74, 6) is 1.18. The minimum Gasteiger partial charge on any atom is -0.334 e. The second-order valence-corrected chi connectivity index (χ2v) is 5.12. The first-order valence-electron chi connectivity index (χ1n) is 6.22. The van der Waals surface area contributed by atoms with Crippen LogP contribution in [0.25, 0.3) is 11.0 Å². The van der Waals surface area contributed by atoms with E-state index in [9.17, 15) is 0 Å². The first kappa shape index (κ1) is 12.1. The Kier molecular flexibility index (Phi) is 3.48. The molecule has 3 heteroatoms. The summed E-state index contributed by atoms with van der Waals surface area (Å²) >= 11 is 0. The third-order valence-electron chi connectivity index (χ3n) is 3.53. The maximum absolute atomic E-state index is 5.82. The number of aromatic nitrogens is 2. The lowest BCUT2D eigenvalue weighted by Gasteiger charge is -2.18. The molecule has 0 aliphatic heterocycles. The van der Waals surface area contributed by atoms with E-state index in [2.05, 4.69) is 37.0 Å². The Hall–Kier alpha value is -1.35. The van der Waals surface area contributed by atoms with Crippen molar-refractivity contribution in [2.24, 2.45) is 24.6 Å². The molecule has 1 aromatic carbocycles. The SMILES string of the molecule is CC(C)C(CN)Cc1ccc2c(c1)ncn2C. The number of rotatable bonds is 4. The van der Waals surface area contributed by atoms with Gasteiger partial charge in [-0.3, -0.25) is 0 Å². The standard InChI is InChI=1S/C14H21N3/c1-10(2)12(8-15)6-11-4-5-14-13(7-11)16-9-17(14)3/h4-5,7,9-10,12H,6,8,15H2,1-3H3. The summed E-state index contributed by atoms with van der Waals surface area (Å²) < 4.78 is 2.04. The van der Waals surface area contributed by atoms with Crippen LogP contribution < -0.4 is 5.73 Å². The predicted molar refractivity (Wildman–Crippen MR) is 71.8 cm³/mol. The lowest BCUT2D eigenvalue weighted by Crippen LogP contribution is -2.22. The van der Waals surface area contributed by atoms with Crippen LogP contribution in [-0.2, 0) is 13.5 Å². The van der Waals surface area contributed by atoms with Crippen molar-refractivity contribution in [3.63, 3.8) is 0 Å². The molecule has 0 amide bonds. The van der Waals surface area contributed by atoms with E-state index in [1.165, 1.54) is 11.1 Å². The molecular weight excluding hydrogens is 210 g/mol. The molecule has 2 aromatic rings. The molecule has 92 valence electrons. The Morgan fingerprint density at radius 1 is 1.35 bits per heavy atom. The predicted octanol–water partition coefficient (Wildman–Crippen LogP) is 2.35. The van der Waals surface area contributed by atoms with Crippen LogP contribution in [0.2, 0.25) is 0 Å². The maximum Gasteiger partial charge on any atom is 0.0955 e. The smallest absolute Gasteiger partial charge is 0.0955 e. The highest BCUT2D eigenvalue weighted by Crippen LogP contribution is 2.19. The molecular formula is C14H21N3. The summed E-state index contributed by atoms with van der Waals surface area (Å²) in [5.41, 5.74) is 9.41. The summed E-state index contributed by atoms with van der Waals surface area (Å²) in [5, 5.41) is 0. The molecule has 0 saturated heterocycles. The summed E-state index contributed by atoms with van der Waals surface area (Å²) in [6.45, 7) is 5.21. The van der Waals surface area contributed by atoms with Crippen molar-refractivity contribution in [3.8, 4) is 0 Å². The topological polar surface area (TPSA) is 43.8 Å². The van der Waals surface area contributed by atoms with Crippen molar-refractivity contribution in [3.05, 3.63) is 30.1 Å². The van der Waals surface area contributed by atoms with Gasteiger partial charge in [-0.15, -0.1) is 0 Å². The zero-order valence-electron chi connectivity index (χ0n) is 10.9. The normalized spacial score (nSPS) is 13.5. The van der Waals surface area contributed by atoms with Gasteiger partial charge in [-0.25, -0.2) is 4.98 Å². The second kappa shape index (κ2) is 4.88. The number of nitrogens with two attached hydrogens (primary N) is 1. The van der Waals surface area contributed by atoms with Gasteiger partial charge in [-0.2, -0.15) is 0 Å². The molecule has 17 heavy (non-hydrogen) atoms. The van der Waals surface area contributed by atoms with Crippen molar-refractivity contribution in [2.75, 3.05) is 6.54 Å². The second-order valence-electron chi connectivity index (χ2n) is 5.12. The summed E-state index contributed by atoms with van der Waals surface area (Å²) in [6.07, 6.45) is 2.90. The van der Waals surface area contributed by atoms with E-state index < -0.39 is 0 Å². The van der Waals surface area contributed by atoms with Crippen LogP contribution in [0.3, 0.4) is 0 Å². The molecule has 1 aromatic heterocycles. The average molecular weight is 231 g/mol. The third-order valence-corrected chi connectivity index (χ3v) is 3.53. The Morgan fingerprint density at radius 2 is 2.12 bits per heavy atom. The van der Waals surface area contributed by atoms with Crippen LogP contribution in [-0.4, -0.2) is 16.1 Å². The average Bonchev–Trinajstić information content (AvgIpc) is 2.67. The van der Waals surface area contributed by atoms with Gasteiger partial charge in [0.1, 0.15) is 0 Å². The first-order valence-corrected chi connectivity index (χ1v) is 6.22. The van der Waals surface area contributed by atoms with Crippen molar-refractivity contribution in [2.45, 2.75) is 20.3 Å². The van der Waals surface area contributed by atoms with Gasteiger partial charge in [0.05, 0.1) is 17.4 Å². The molecule has 1 heterocycles. The summed E-state index contributed by atoms with van der Waals surface area (Å²) in [6, 6.07) is 6.51. The maximum atomic E-state index is 5.82. The quantitative estimate of drug-likeness (QED) is 0.877. The van der Waals surface area contributed by atoms with Gasteiger partial charge in [0.25, 0.3) is 0 Å². The summed E-state index contributed by atoms with van der Waals surface area (Å²) in [4.78, 5) is 4.39. The number of hydrogen-bond donors (Lipinski definition) is 1.